The molecule has 2 rings (SSSR count). The van der Waals surface area contributed by atoms with Crippen molar-refractivity contribution in [3.8, 4) is 0 Å². The largest absolute Gasteiger partial charge is 0.308 e. The summed E-state index contributed by atoms with van der Waals surface area (Å²) in [4.78, 5) is 0. The monoisotopic (exact) mass is 311 g/mol. The molecular formula is C12H14BrN3S. The number of rotatable bonds is 5. The van der Waals surface area contributed by atoms with Gasteiger partial charge in [-0.25, -0.2) is 0 Å². The fourth-order valence-corrected chi connectivity index (χ4v) is 2.30. The number of hydrogen-bond acceptors (Lipinski definition) is 4. The maximum Gasteiger partial charge on any atom is 0.0893 e. The lowest BCUT2D eigenvalue weighted by Gasteiger charge is -2.12. The zero-order chi connectivity index (χ0) is 12.1. The van der Waals surface area contributed by atoms with Gasteiger partial charge in [0.1, 0.15) is 0 Å². The molecule has 0 aliphatic rings. The summed E-state index contributed by atoms with van der Waals surface area (Å²) in [7, 11) is 0. The van der Waals surface area contributed by atoms with E-state index < -0.39 is 0 Å². The lowest BCUT2D eigenvalue weighted by atomic mass is 10.1. The van der Waals surface area contributed by atoms with Gasteiger partial charge in [0, 0.05) is 22.4 Å². The van der Waals surface area contributed by atoms with Crippen molar-refractivity contribution in [2.24, 2.45) is 0 Å². The van der Waals surface area contributed by atoms with Crippen LogP contribution in [0.25, 0.3) is 0 Å². The fourth-order valence-electron chi connectivity index (χ4n) is 1.59. The van der Waals surface area contributed by atoms with Crippen LogP contribution < -0.4 is 5.32 Å². The highest BCUT2D eigenvalue weighted by molar-refractivity contribution is 9.10. The van der Waals surface area contributed by atoms with Crippen molar-refractivity contribution in [3.63, 3.8) is 0 Å². The molecular weight excluding hydrogens is 298 g/mol. The quantitative estimate of drug-likeness (QED) is 0.922. The summed E-state index contributed by atoms with van der Waals surface area (Å²) < 4.78 is 4.96. The zero-order valence-electron chi connectivity index (χ0n) is 9.56. The van der Waals surface area contributed by atoms with E-state index in [-0.39, 0.29) is 0 Å². The average Bonchev–Trinajstić information content (AvgIpc) is 2.83. The highest BCUT2D eigenvalue weighted by Gasteiger charge is 2.04. The number of nitrogens with zero attached hydrogens (tertiary/aromatic N) is 2. The topological polar surface area (TPSA) is 37.8 Å². The Hall–Kier alpha value is -0.780. The predicted octanol–water partition coefficient (Wildman–Crippen LogP) is 3.02. The maximum atomic E-state index is 4.01. The molecule has 1 unspecified atom stereocenters. The van der Waals surface area contributed by atoms with Crippen molar-refractivity contribution >= 4 is 27.5 Å². The number of halogens is 1. The van der Waals surface area contributed by atoms with E-state index in [1.54, 1.807) is 0 Å². The summed E-state index contributed by atoms with van der Waals surface area (Å²) >= 11 is 4.83. The standard InChI is InChI=1S/C12H14BrN3S/c1-9(14-7-12-8-17-16-15-12)6-10-2-4-11(13)5-3-10/h2-5,8-9,14H,6-7H2,1H3. The molecule has 90 valence electrons. The van der Waals surface area contributed by atoms with E-state index in [0.717, 1.165) is 23.1 Å². The summed E-state index contributed by atoms with van der Waals surface area (Å²) in [5.41, 5.74) is 2.35. The molecule has 0 bridgehead atoms. The van der Waals surface area contributed by atoms with Crippen LogP contribution >= 0.6 is 27.5 Å². The lowest BCUT2D eigenvalue weighted by Crippen LogP contribution is -2.27. The van der Waals surface area contributed by atoms with Crippen molar-refractivity contribution in [3.05, 3.63) is 45.4 Å². The molecule has 0 amide bonds. The Bertz CT molecular complexity index is 441. The molecule has 2 aromatic rings. The lowest BCUT2D eigenvalue weighted by molar-refractivity contribution is 0.539. The van der Waals surface area contributed by atoms with Crippen LogP contribution in [0.5, 0.6) is 0 Å². The van der Waals surface area contributed by atoms with Crippen LogP contribution in [-0.4, -0.2) is 15.6 Å². The van der Waals surface area contributed by atoms with Crippen molar-refractivity contribution in [2.45, 2.75) is 25.9 Å². The Kier molecular flexibility index (Phi) is 4.65. The number of aromatic nitrogens is 2. The van der Waals surface area contributed by atoms with E-state index in [1.807, 2.05) is 5.38 Å². The van der Waals surface area contributed by atoms with E-state index in [0.29, 0.717) is 6.04 Å². The van der Waals surface area contributed by atoms with Gasteiger partial charge in [-0.2, -0.15) is 0 Å². The molecule has 1 aromatic carbocycles. The third-order valence-corrected chi connectivity index (χ3v) is 3.57. The van der Waals surface area contributed by atoms with Crippen LogP contribution in [0.3, 0.4) is 0 Å². The summed E-state index contributed by atoms with van der Waals surface area (Å²) in [6, 6.07) is 8.87. The second-order valence-corrected chi connectivity index (χ2v) is 5.53. The van der Waals surface area contributed by atoms with E-state index >= 15 is 0 Å². The van der Waals surface area contributed by atoms with Crippen LogP contribution in [0.4, 0.5) is 0 Å². The molecule has 1 aromatic heterocycles. The van der Waals surface area contributed by atoms with Crippen LogP contribution in [0.1, 0.15) is 18.2 Å². The predicted molar refractivity (Wildman–Crippen MR) is 74.1 cm³/mol. The van der Waals surface area contributed by atoms with Gasteiger partial charge in [0.2, 0.25) is 0 Å². The van der Waals surface area contributed by atoms with Gasteiger partial charge >= 0.3 is 0 Å². The molecule has 0 aliphatic heterocycles. The number of hydrogen-bond donors (Lipinski definition) is 1. The molecule has 0 aliphatic carbocycles. The molecule has 1 atom stereocenters. The third kappa shape index (κ3) is 4.18. The minimum Gasteiger partial charge on any atom is -0.308 e. The summed E-state index contributed by atoms with van der Waals surface area (Å²) in [6.07, 6.45) is 1.02. The minimum absolute atomic E-state index is 0.429. The van der Waals surface area contributed by atoms with E-state index in [9.17, 15) is 0 Å². The van der Waals surface area contributed by atoms with Crippen molar-refractivity contribution in [1.29, 1.82) is 0 Å². The van der Waals surface area contributed by atoms with Gasteiger partial charge < -0.3 is 5.32 Å². The average molecular weight is 312 g/mol. The first-order chi connectivity index (χ1) is 8.24. The molecule has 0 fully saturated rings. The van der Waals surface area contributed by atoms with Crippen molar-refractivity contribution in [2.75, 3.05) is 0 Å². The number of nitrogens with one attached hydrogen (secondary N) is 1. The highest BCUT2D eigenvalue weighted by Crippen LogP contribution is 2.12. The van der Waals surface area contributed by atoms with Gasteiger partial charge in [-0.15, -0.1) is 5.10 Å². The first-order valence-corrected chi connectivity index (χ1v) is 7.11. The maximum absolute atomic E-state index is 4.01. The first-order valence-electron chi connectivity index (χ1n) is 5.48. The van der Waals surface area contributed by atoms with E-state index in [1.165, 1.54) is 17.1 Å². The smallest absolute Gasteiger partial charge is 0.0893 e. The van der Waals surface area contributed by atoms with Crippen molar-refractivity contribution < 1.29 is 0 Å². The Morgan fingerprint density at radius 3 is 2.76 bits per heavy atom. The normalized spacial score (nSPS) is 12.6. The molecule has 0 spiro atoms. The molecule has 17 heavy (non-hydrogen) atoms. The Morgan fingerprint density at radius 1 is 1.35 bits per heavy atom. The third-order valence-electron chi connectivity index (χ3n) is 2.49. The Labute approximate surface area is 114 Å². The molecule has 0 saturated carbocycles. The molecule has 0 saturated heterocycles. The van der Waals surface area contributed by atoms with Gasteiger partial charge in [0.25, 0.3) is 0 Å². The van der Waals surface area contributed by atoms with Crippen LogP contribution in [0.2, 0.25) is 0 Å². The van der Waals surface area contributed by atoms with Gasteiger partial charge in [-0.3, -0.25) is 0 Å². The molecule has 5 heteroatoms. The molecule has 1 N–H and O–H groups in total. The molecule has 3 nitrogen and oxygen atoms in total. The Balaban J connectivity index is 1.80. The molecule has 0 radical (unpaired) electrons. The van der Waals surface area contributed by atoms with Gasteiger partial charge in [0.05, 0.1) is 5.69 Å². The second-order valence-electron chi connectivity index (χ2n) is 4.01. The Morgan fingerprint density at radius 2 is 2.12 bits per heavy atom. The van der Waals surface area contributed by atoms with Crippen LogP contribution in [0.15, 0.2) is 34.1 Å². The van der Waals surface area contributed by atoms with Crippen LogP contribution in [0, 0.1) is 0 Å². The van der Waals surface area contributed by atoms with Gasteiger partial charge in [0.15, 0.2) is 0 Å². The molecule has 1 heterocycles. The second kappa shape index (κ2) is 6.23. The summed E-state index contributed by atoms with van der Waals surface area (Å²) in [6.45, 7) is 2.97. The minimum atomic E-state index is 0.429. The van der Waals surface area contributed by atoms with E-state index in [2.05, 4.69) is 62.0 Å². The first kappa shape index (κ1) is 12.7. The zero-order valence-corrected chi connectivity index (χ0v) is 12.0. The summed E-state index contributed by atoms with van der Waals surface area (Å²) in [5, 5.41) is 9.42. The summed E-state index contributed by atoms with van der Waals surface area (Å²) in [5.74, 6) is 0. The van der Waals surface area contributed by atoms with E-state index in [4.69, 9.17) is 0 Å². The highest BCUT2D eigenvalue weighted by atomic mass is 79.9. The SMILES string of the molecule is CC(Cc1ccc(Br)cc1)NCc1csnn1. The van der Waals surface area contributed by atoms with Gasteiger partial charge in [-0.1, -0.05) is 32.6 Å². The number of benzene rings is 1. The van der Waals surface area contributed by atoms with Crippen molar-refractivity contribution in [1.82, 2.24) is 14.9 Å². The van der Waals surface area contributed by atoms with Crippen LogP contribution in [-0.2, 0) is 13.0 Å². The fraction of sp³-hybridized carbons (Fsp3) is 0.333. The van der Waals surface area contributed by atoms with Gasteiger partial charge in [-0.05, 0) is 42.6 Å².